The molecule has 4 heteroatoms. The van der Waals surface area contributed by atoms with Gasteiger partial charge in [-0.1, -0.05) is 23.8 Å². The Morgan fingerprint density at radius 2 is 2.19 bits per heavy atom. The lowest BCUT2D eigenvalue weighted by atomic mass is 10.00. The van der Waals surface area contributed by atoms with Crippen molar-refractivity contribution in [2.45, 2.75) is 19.4 Å². The summed E-state index contributed by atoms with van der Waals surface area (Å²) in [5.74, 6) is 0.578. The van der Waals surface area contributed by atoms with Crippen LogP contribution in [0.4, 0.5) is 0 Å². The average Bonchev–Trinajstić information content (AvgIpc) is 3.09. The Bertz CT molecular complexity index is 712. The van der Waals surface area contributed by atoms with Crippen molar-refractivity contribution in [1.29, 1.82) is 0 Å². The molecule has 1 aromatic heterocycles. The van der Waals surface area contributed by atoms with E-state index in [0.717, 1.165) is 23.9 Å². The van der Waals surface area contributed by atoms with Crippen molar-refractivity contribution in [3.05, 3.63) is 41.7 Å². The van der Waals surface area contributed by atoms with Crippen molar-refractivity contribution in [3.8, 4) is 0 Å². The minimum Gasteiger partial charge on any atom is -0.346 e. The molecule has 3 heterocycles. The van der Waals surface area contributed by atoms with Gasteiger partial charge in [0.1, 0.15) is 5.69 Å². The van der Waals surface area contributed by atoms with Crippen LogP contribution >= 0.6 is 0 Å². The SMILES string of the molecule is Cc1ccc2cnc(C(=O)NC3CN4CC[C@H]3C4)cc2c1. The second-order valence-electron chi connectivity index (χ2n) is 6.31. The van der Waals surface area contributed by atoms with Gasteiger partial charge in [-0.15, -0.1) is 0 Å². The van der Waals surface area contributed by atoms with Crippen LogP contribution in [0.5, 0.6) is 0 Å². The van der Waals surface area contributed by atoms with Gasteiger partial charge < -0.3 is 10.2 Å². The lowest BCUT2D eigenvalue weighted by Crippen LogP contribution is -2.43. The van der Waals surface area contributed by atoms with Crippen molar-refractivity contribution in [3.63, 3.8) is 0 Å². The smallest absolute Gasteiger partial charge is 0.270 e. The first-order valence-corrected chi connectivity index (χ1v) is 7.59. The van der Waals surface area contributed by atoms with Crippen molar-refractivity contribution in [1.82, 2.24) is 15.2 Å². The van der Waals surface area contributed by atoms with Gasteiger partial charge in [-0.25, -0.2) is 0 Å². The number of carbonyl (C=O) groups excluding carboxylic acids is 1. The van der Waals surface area contributed by atoms with Crippen molar-refractivity contribution in [2.75, 3.05) is 19.6 Å². The molecule has 3 atom stereocenters. The molecule has 2 aliphatic rings. The van der Waals surface area contributed by atoms with Gasteiger partial charge in [0.2, 0.25) is 0 Å². The van der Waals surface area contributed by atoms with Crippen LogP contribution < -0.4 is 5.32 Å². The van der Waals surface area contributed by atoms with E-state index in [0.29, 0.717) is 17.7 Å². The summed E-state index contributed by atoms with van der Waals surface area (Å²) >= 11 is 0. The molecule has 2 aromatic rings. The summed E-state index contributed by atoms with van der Waals surface area (Å²) in [7, 11) is 0. The number of nitrogens with zero attached hydrogens (tertiary/aromatic N) is 2. The molecule has 2 saturated heterocycles. The van der Waals surface area contributed by atoms with E-state index in [2.05, 4.69) is 34.3 Å². The Hall–Kier alpha value is -1.94. The van der Waals surface area contributed by atoms with Gasteiger partial charge in [-0.05, 0) is 37.3 Å². The molecule has 2 unspecified atom stereocenters. The fraction of sp³-hybridized carbons (Fsp3) is 0.412. The third-order valence-electron chi connectivity index (χ3n) is 4.76. The van der Waals surface area contributed by atoms with Crippen molar-refractivity contribution in [2.24, 2.45) is 5.92 Å². The van der Waals surface area contributed by atoms with Gasteiger partial charge in [-0.3, -0.25) is 9.78 Å². The van der Waals surface area contributed by atoms with Crippen LogP contribution in [0.1, 0.15) is 22.5 Å². The highest BCUT2D eigenvalue weighted by Gasteiger charge is 2.38. The van der Waals surface area contributed by atoms with E-state index in [1.54, 1.807) is 6.20 Å². The van der Waals surface area contributed by atoms with Crippen LogP contribution in [0.3, 0.4) is 0 Å². The van der Waals surface area contributed by atoms with Gasteiger partial charge >= 0.3 is 0 Å². The predicted octanol–water partition coefficient (Wildman–Crippen LogP) is 1.98. The van der Waals surface area contributed by atoms with Gasteiger partial charge in [0.05, 0.1) is 0 Å². The molecule has 2 fully saturated rings. The molecule has 1 amide bonds. The number of aromatic nitrogens is 1. The number of amides is 1. The van der Waals surface area contributed by atoms with E-state index >= 15 is 0 Å². The second-order valence-corrected chi connectivity index (χ2v) is 6.31. The molecule has 0 spiro atoms. The van der Waals surface area contributed by atoms with Gasteiger partial charge in [0.15, 0.2) is 0 Å². The van der Waals surface area contributed by atoms with E-state index in [1.807, 2.05) is 12.1 Å². The molecular formula is C17H19N3O. The number of aryl methyl sites for hydroxylation is 1. The van der Waals surface area contributed by atoms with Gasteiger partial charge in [0, 0.05) is 30.7 Å². The molecule has 1 N–H and O–H groups in total. The maximum Gasteiger partial charge on any atom is 0.270 e. The predicted molar refractivity (Wildman–Crippen MR) is 82.3 cm³/mol. The average molecular weight is 281 g/mol. The zero-order chi connectivity index (χ0) is 14.4. The number of piperidine rings is 1. The molecule has 21 heavy (non-hydrogen) atoms. The second kappa shape index (κ2) is 4.81. The topological polar surface area (TPSA) is 45.2 Å². The first-order valence-electron chi connectivity index (χ1n) is 7.59. The Labute approximate surface area is 124 Å². The molecule has 1 aromatic carbocycles. The van der Waals surface area contributed by atoms with Crippen LogP contribution in [-0.2, 0) is 0 Å². The number of hydrogen-bond acceptors (Lipinski definition) is 3. The summed E-state index contributed by atoms with van der Waals surface area (Å²) in [5.41, 5.74) is 1.71. The van der Waals surface area contributed by atoms with Crippen LogP contribution in [0.25, 0.3) is 10.8 Å². The zero-order valence-electron chi connectivity index (χ0n) is 12.2. The summed E-state index contributed by atoms with van der Waals surface area (Å²) in [5, 5.41) is 5.31. The lowest BCUT2D eigenvalue weighted by Gasteiger charge is -2.22. The van der Waals surface area contributed by atoms with Crippen LogP contribution in [0.2, 0.25) is 0 Å². The van der Waals surface area contributed by atoms with E-state index in [4.69, 9.17) is 0 Å². The maximum absolute atomic E-state index is 12.4. The largest absolute Gasteiger partial charge is 0.346 e. The Balaban J connectivity index is 1.56. The third-order valence-corrected chi connectivity index (χ3v) is 4.76. The number of benzene rings is 1. The summed E-state index contributed by atoms with van der Waals surface area (Å²) in [6, 6.07) is 8.39. The van der Waals surface area contributed by atoms with Crippen LogP contribution in [0, 0.1) is 12.8 Å². The molecule has 4 nitrogen and oxygen atoms in total. The third kappa shape index (κ3) is 2.29. The first kappa shape index (κ1) is 12.8. The van der Waals surface area contributed by atoms with Crippen LogP contribution in [-0.4, -0.2) is 41.5 Å². The molecule has 2 aliphatic heterocycles. The van der Waals surface area contributed by atoms with E-state index in [9.17, 15) is 4.79 Å². The summed E-state index contributed by atoms with van der Waals surface area (Å²) in [6.45, 7) is 5.37. The minimum absolute atomic E-state index is 0.0443. The molecule has 108 valence electrons. The van der Waals surface area contributed by atoms with Crippen LogP contribution in [0.15, 0.2) is 30.5 Å². The Kier molecular flexibility index (Phi) is 2.93. The lowest BCUT2D eigenvalue weighted by molar-refractivity contribution is 0.0919. The molecular weight excluding hydrogens is 262 g/mol. The zero-order valence-corrected chi connectivity index (χ0v) is 12.2. The quantitative estimate of drug-likeness (QED) is 0.915. The maximum atomic E-state index is 12.4. The Morgan fingerprint density at radius 3 is 2.95 bits per heavy atom. The summed E-state index contributed by atoms with van der Waals surface area (Å²) in [4.78, 5) is 19.2. The highest BCUT2D eigenvalue weighted by Crippen LogP contribution is 2.28. The number of rotatable bonds is 2. The highest BCUT2D eigenvalue weighted by atomic mass is 16.2. The standard InChI is InChI=1S/C17H19N3O/c1-11-2-3-12-8-18-15(7-14(12)6-11)17(21)19-16-10-20-5-4-13(16)9-20/h2-3,6-8,13,16H,4-5,9-10H2,1H3,(H,19,21)/t13-,16?/m0/s1. The minimum atomic E-state index is -0.0443. The first-order chi connectivity index (χ1) is 10.2. The van der Waals surface area contributed by atoms with E-state index < -0.39 is 0 Å². The summed E-state index contributed by atoms with van der Waals surface area (Å²) in [6.07, 6.45) is 2.99. The van der Waals surface area contributed by atoms with E-state index in [1.165, 1.54) is 18.5 Å². The fourth-order valence-electron chi connectivity index (χ4n) is 3.57. The number of pyridine rings is 1. The normalized spacial score (nSPS) is 27.2. The van der Waals surface area contributed by atoms with E-state index in [-0.39, 0.29) is 5.91 Å². The molecule has 0 saturated carbocycles. The van der Waals surface area contributed by atoms with Gasteiger partial charge in [-0.2, -0.15) is 0 Å². The number of nitrogens with one attached hydrogen (secondary N) is 1. The monoisotopic (exact) mass is 281 g/mol. The molecule has 0 radical (unpaired) electrons. The molecule has 0 aliphatic carbocycles. The number of carbonyl (C=O) groups is 1. The molecule has 4 rings (SSSR count). The highest BCUT2D eigenvalue weighted by molar-refractivity contribution is 5.96. The Morgan fingerprint density at radius 1 is 1.29 bits per heavy atom. The number of hydrogen-bond donors (Lipinski definition) is 1. The number of fused-ring (bicyclic) bond motifs is 3. The molecule has 2 bridgehead atoms. The van der Waals surface area contributed by atoms with Crippen molar-refractivity contribution >= 4 is 16.7 Å². The van der Waals surface area contributed by atoms with Gasteiger partial charge in [0.25, 0.3) is 5.91 Å². The summed E-state index contributed by atoms with van der Waals surface area (Å²) < 4.78 is 0. The van der Waals surface area contributed by atoms with Crippen molar-refractivity contribution < 1.29 is 4.79 Å². The fourth-order valence-corrected chi connectivity index (χ4v) is 3.57.